The summed E-state index contributed by atoms with van der Waals surface area (Å²) in [7, 11) is 0. The van der Waals surface area contributed by atoms with Crippen LogP contribution in [0.25, 0.3) is 0 Å². The van der Waals surface area contributed by atoms with Crippen LogP contribution in [0.1, 0.15) is 27.2 Å². The summed E-state index contributed by atoms with van der Waals surface area (Å²) in [4.78, 5) is 0. The molecule has 0 radical (unpaired) electrons. The molecule has 0 nitrogen and oxygen atoms in total. The molecule has 0 aromatic carbocycles. The molecule has 0 unspecified atom stereocenters. The third-order valence-electron chi connectivity index (χ3n) is 1.97. The van der Waals surface area contributed by atoms with Gasteiger partial charge in [0.05, 0.1) is 0 Å². The fraction of sp³-hybridized carbons (Fsp3) is 1.00. The third-order valence-corrected chi connectivity index (χ3v) is 23.4. The molecule has 0 rings (SSSR count). The Bertz CT molecular complexity index is 69.3. The van der Waals surface area contributed by atoms with Gasteiger partial charge in [-0.3, -0.25) is 0 Å². The van der Waals surface area contributed by atoms with E-state index in [9.17, 15) is 0 Å². The van der Waals surface area contributed by atoms with Crippen molar-refractivity contribution in [2.45, 2.75) is 40.5 Å². The Kier molecular flexibility index (Phi) is 5.71. The quantitative estimate of drug-likeness (QED) is 0.693. The van der Waals surface area contributed by atoms with E-state index in [2.05, 4.69) is 33.5 Å². The van der Waals surface area contributed by atoms with E-state index in [-0.39, 0.29) is 0 Å². The second-order valence-electron chi connectivity index (χ2n) is 2.61. The number of hydrogen-bond acceptors (Lipinski definition) is 0. The van der Waals surface area contributed by atoms with Crippen LogP contribution in [-0.4, -0.2) is 16.2 Å². The summed E-state index contributed by atoms with van der Waals surface area (Å²) in [6.45, 7) is 6.96. The molecule has 0 aliphatic heterocycles. The first kappa shape index (κ1) is 10.3. The van der Waals surface area contributed by atoms with Crippen molar-refractivity contribution in [3.8, 4) is 0 Å². The Morgan fingerprint density at radius 3 is 1.67 bits per heavy atom. The number of halogens is 1. The van der Waals surface area contributed by atoms with Crippen LogP contribution < -0.4 is 0 Å². The van der Waals surface area contributed by atoms with Crippen molar-refractivity contribution in [1.29, 1.82) is 0 Å². The van der Waals surface area contributed by atoms with Gasteiger partial charge in [0.25, 0.3) is 0 Å². The van der Waals surface area contributed by atoms with Crippen molar-refractivity contribution in [1.82, 2.24) is 0 Å². The normalized spacial score (nSPS) is 12.0. The molecule has 0 amide bonds. The minimum atomic E-state index is -1.57. The summed E-state index contributed by atoms with van der Waals surface area (Å²) in [5.41, 5.74) is 0. The molecule has 0 aliphatic carbocycles. The molecule has 9 heavy (non-hydrogen) atoms. The monoisotopic (exact) mass is 300 g/mol. The Morgan fingerprint density at radius 1 is 1.11 bits per heavy atom. The first-order valence-electron chi connectivity index (χ1n) is 3.87. The fourth-order valence-electron chi connectivity index (χ4n) is 1.05. The molecule has 0 aromatic heterocycles. The summed E-state index contributed by atoms with van der Waals surface area (Å²) >= 11 is 2.39. The SMILES string of the molecule is CC[CH2][Sn]([Br])([CH2]C)[CH2]C. The Labute approximate surface area is 69.0 Å². The zero-order valence-electron chi connectivity index (χ0n) is 6.71. The van der Waals surface area contributed by atoms with E-state index >= 15 is 0 Å². The minimum absolute atomic E-state index is 1.38. The maximum atomic E-state index is 3.95. The molecule has 0 fully saturated rings. The molecule has 0 atom stereocenters. The van der Waals surface area contributed by atoms with Crippen LogP contribution in [0, 0.1) is 0 Å². The zero-order chi connectivity index (χ0) is 7.33. The van der Waals surface area contributed by atoms with Gasteiger partial charge in [0, 0.05) is 0 Å². The van der Waals surface area contributed by atoms with E-state index < -0.39 is 16.2 Å². The van der Waals surface area contributed by atoms with Crippen molar-refractivity contribution in [3.63, 3.8) is 0 Å². The van der Waals surface area contributed by atoms with Gasteiger partial charge >= 0.3 is 69.4 Å². The van der Waals surface area contributed by atoms with E-state index in [1.807, 2.05) is 0 Å². The van der Waals surface area contributed by atoms with E-state index in [1.54, 1.807) is 0 Å². The second-order valence-corrected chi connectivity index (χ2v) is 25.9. The standard InChI is InChI=1S/C3H7.2C2H5.BrH.Sn/c1-3-2;2*1-2;;/h1,3H2,2H3;2*1H2,2H3;1H;/q;;;;+1/p-1. The Balaban J connectivity index is 3.62. The molecular formula is C7H17BrSn. The van der Waals surface area contributed by atoms with E-state index in [0.717, 1.165) is 0 Å². The number of hydrogen-bond donors (Lipinski definition) is 0. The predicted octanol–water partition coefficient (Wildman–Crippen LogP) is 3.78. The van der Waals surface area contributed by atoms with E-state index in [4.69, 9.17) is 0 Å². The van der Waals surface area contributed by atoms with E-state index in [1.165, 1.54) is 19.7 Å². The molecule has 0 saturated heterocycles. The van der Waals surface area contributed by atoms with Gasteiger partial charge in [-0.25, -0.2) is 0 Å². The summed E-state index contributed by atoms with van der Waals surface area (Å²) in [6, 6.07) is 0. The molecular weight excluding hydrogens is 283 g/mol. The summed E-state index contributed by atoms with van der Waals surface area (Å²) in [5, 5.41) is 0. The second kappa shape index (κ2) is 5.00. The van der Waals surface area contributed by atoms with Gasteiger partial charge in [-0.15, -0.1) is 0 Å². The molecule has 0 spiro atoms. The van der Waals surface area contributed by atoms with Gasteiger partial charge in [-0.2, -0.15) is 0 Å². The third kappa shape index (κ3) is 3.86. The zero-order valence-corrected chi connectivity index (χ0v) is 11.1. The molecule has 0 aliphatic rings. The fourth-order valence-corrected chi connectivity index (χ4v) is 9.71. The topological polar surface area (TPSA) is 0 Å². The maximum absolute atomic E-state index is 3.95. The molecule has 0 N–H and O–H groups in total. The average Bonchev–Trinajstić information content (AvgIpc) is 1.89. The Morgan fingerprint density at radius 2 is 1.56 bits per heavy atom. The van der Waals surface area contributed by atoms with Gasteiger partial charge in [0.1, 0.15) is 0 Å². The van der Waals surface area contributed by atoms with Crippen LogP contribution in [-0.2, 0) is 0 Å². The van der Waals surface area contributed by atoms with Gasteiger partial charge in [-0.05, 0) is 0 Å². The van der Waals surface area contributed by atoms with Crippen LogP contribution in [0.15, 0.2) is 0 Å². The molecule has 0 bridgehead atoms. The summed E-state index contributed by atoms with van der Waals surface area (Å²) in [5.74, 6) is 0. The van der Waals surface area contributed by atoms with Gasteiger partial charge < -0.3 is 0 Å². The molecule has 2 heteroatoms. The first-order chi connectivity index (χ1) is 4.18. The van der Waals surface area contributed by atoms with Crippen molar-refractivity contribution in [2.75, 3.05) is 0 Å². The molecule has 0 heterocycles. The van der Waals surface area contributed by atoms with Gasteiger partial charge in [0.15, 0.2) is 0 Å². The van der Waals surface area contributed by atoms with Crippen molar-refractivity contribution < 1.29 is 0 Å². The average molecular weight is 300 g/mol. The van der Waals surface area contributed by atoms with Crippen LogP contribution in [0.2, 0.25) is 13.3 Å². The van der Waals surface area contributed by atoms with Crippen LogP contribution in [0.3, 0.4) is 0 Å². The summed E-state index contributed by atoms with van der Waals surface area (Å²) < 4.78 is 4.43. The molecule has 0 saturated carbocycles. The predicted molar refractivity (Wildman–Crippen MR) is 50.7 cm³/mol. The number of rotatable bonds is 4. The summed E-state index contributed by atoms with van der Waals surface area (Å²) in [6.07, 6.45) is 1.38. The molecule has 0 aromatic rings. The van der Waals surface area contributed by atoms with Crippen molar-refractivity contribution in [3.05, 3.63) is 0 Å². The Hall–Kier alpha value is 1.28. The van der Waals surface area contributed by atoms with Crippen LogP contribution in [0.5, 0.6) is 0 Å². The van der Waals surface area contributed by atoms with Crippen molar-refractivity contribution in [2.24, 2.45) is 0 Å². The van der Waals surface area contributed by atoms with Crippen molar-refractivity contribution >= 4 is 28.9 Å². The van der Waals surface area contributed by atoms with Gasteiger partial charge in [0.2, 0.25) is 0 Å². The first-order valence-corrected chi connectivity index (χ1v) is 16.3. The molecule has 56 valence electrons. The van der Waals surface area contributed by atoms with E-state index in [0.29, 0.717) is 0 Å². The van der Waals surface area contributed by atoms with Crippen LogP contribution >= 0.6 is 12.7 Å². The van der Waals surface area contributed by atoms with Crippen LogP contribution in [0.4, 0.5) is 0 Å². The van der Waals surface area contributed by atoms with Gasteiger partial charge in [-0.1, -0.05) is 0 Å².